The van der Waals surface area contributed by atoms with Crippen LogP contribution in [0.15, 0.2) is 0 Å². The lowest BCUT2D eigenvalue weighted by Gasteiger charge is -2.01. The molecule has 0 heterocycles. The van der Waals surface area contributed by atoms with Crippen LogP contribution in [0.5, 0.6) is 0 Å². The van der Waals surface area contributed by atoms with E-state index in [0.29, 0.717) is 6.61 Å². The van der Waals surface area contributed by atoms with Gasteiger partial charge in [0, 0.05) is 7.11 Å². The van der Waals surface area contributed by atoms with Crippen LogP contribution in [0.25, 0.3) is 0 Å². The van der Waals surface area contributed by atoms with Crippen LogP contribution < -0.4 is 5.73 Å². The Morgan fingerprint density at radius 3 is 2.91 bits per heavy atom. The highest BCUT2D eigenvalue weighted by molar-refractivity contribution is 6.26. The predicted octanol–water partition coefficient (Wildman–Crippen LogP) is -0.973. The van der Waals surface area contributed by atoms with Crippen LogP contribution in [0.4, 0.5) is 0 Å². The first kappa shape index (κ1) is 10.6. The molecule has 0 aliphatic rings. The Hall–Kier alpha value is -0.393. The number of carbonyl (C=O) groups excluding carboxylic acids is 1. The van der Waals surface area contributed by atoms with Crippen LogP contribution in [0.1, 0.15) is 6.42 Å². The first-order chi connectivity index (χ1) is 5.31. The van der Waals surface area contributed by atoms with E-state index in [0.717, 1.165) is 12.5 Å². The molecule has 5 heteroatoms. The van der Waals surface area contributed by atoms with Gasteiger partial charge in [0.15, 0.2) is 9.76 Å². The fraction of sp³-hybridized carbons (Fsp3) is 0.833. The monoisotopic (exact) mass is 177 g/mol. The molecule has 0 atom stereocenters. The predicted molar refractivity (Wildman–Crippen MR) is 45.0 cm³/mol. The summed E-state index contributed by atoms with van der Waals surface area (Å²) in [7, 11) is 1.35. The van der Waals surface area contributed by atoms with Gasteiger partial charge in [-0.1, -0.05) is 0 Å². The van der Waals surface area contributed by atoms with Crippen molar-refractivity contribution in [3.8, 4) is 0 Å². The summed E-state index contributed by atoms with van der Waals surface area (Å²) in [6.07, 6.45) is 0.895. The maximum atomic E-state index is 10.5. The number of ether oxygens (including phenoxy) is 1. The Kier molecular flexibility index (Phi) is 7.44. The summed E-state index contributed by atoms with van der Waals surface area (Å²) in [5.41, 5.74) is 5.02. The molecule has 0 spiro atoms. The smallest absolute Gasteiger partial charge is 0.319 e. The number of hydrogen-bond donors (Lipinski definition) is 1. The second kappa shape index (κ2) is 7.71. The summed E-state index contributed by atoms with van der Waals surface area (Å²) in [4.78, 5) is 10.5. The van der Waals surface area contributed by atoms with Gasteiger partial charge < -0.3 is 14.9 Å². The van der Waals surface area contributed by atoms with Crippen molar-refractivity contribution < 1.29 is 14.0 Å². The summed E-state index contributed by atoms with van der Waals surface area (Å²) < 4.78 is 9.69. The molecule has 0 aromatic carbocycles. The van der Waals surface area contributed by atoms with E-state index < -0.39 is 0 Å². The van der Waals surface area contributed by atoms with Gasteiger partial charge in [0.05, 0.1) is 13.2 Å². The zero-order valence-electron chi connectivity index (χ0n) is 6.84. The molecule has 4 nitrogen and oxygen atoms in total. The van der Waals surface area contributed by atoms with Gasteiger partial charge in [-0.05, 0) is 12.5 Å². The molecule has 0 saturated heterocycles. The van der Waals surface area contributed by atoms with E-state index in [1.165, 1.54) is 0 Å². The van der Waals surface area contributed by atoms with Crippen LogP contribution in [-0.4, -0.2) is 36.0 Å². The first-order valence-corrected chi connectivity index (χ1v) is 5.23. The third-order valence-electron chi connectivity index (χ3n) is 1.17. The van der Waals surface area contributed by atoms with Crippen LogP contribution in [0.3, 0.4) is 0 Å². The van der Waals surface area contributed by atoms with Gasteiger partial charge >= 0.3 is 5.97 Å². The average molecular weight is 177 g/mol. The highest BCUT2D eigenvalue weighted by Gasteiger charge is 1.96. The second-order valence-corrected chi connectivity index (χ2v) is 3.82. The highest BCUT2D eigenvalue weighted by Crippen LogP contribution is 1.89. The molecule has 11 heavy (non-hydrogen) atoms. The maximum Gasteiger partial charge on any atom is 0.319 e. The van der Waals surface area contributed by atoms with E-state index in [4.69, 9.17) is 14.9 Å². The van der Waals surface area contributed by atoms with Crippen molar-refractivity contribution in [1.82, 2.24) is 0 Å². The number of rotatable bonds is 6. The zero-order valence-corrected chi connectivity index (χ0v) is 8.25. The van der Waals surface area contributed by atoms with Crippen LogP contribution in [0.2, 0.25) is 6.04 Å². The summed E-state index contributed by atoms with van der Waals surface area (Å²) in [5.74, 6) is -0.330. The zero-order chi connectivity index (χ0) is 8.53. The third-order valence-corrected chi connectivity index (χ3v) is 2.37. The van der Waals surface area contributed by atoms with Gasteiger partial charge in [-0.15, -0.1) is 0 Å². The van der Waals surface area contributed by atoms with Gasteiger partial charge in [0.25, 0.3) is 0 Å². The quantitative estimate of drug-likeness (QED) is 0.322. The standard InChI is InChI=1S/C6H15NO3Si/c1-9-11-4-2-3-10-6(8)5-7/h2-5,7,11H2,1H3. The van der Waals surface area contributed by atoms with Gasteiger partial charge in [-0.25, -0.2) is 0 Å². The SMILES string of the molecule is CO[SiH2]CCCOC(=O)CN. The molecular weight excluding hydrogens is 162 g/mol. The van der Waals surface area contributed by atoms with Crippen LogP contribution in [-0.2, 0) is 14.0 Å². The molecule has 0 unspecified atom stereocenters. The Bertz CT molecular complexity index is 110. The molecule has 0 saturated carbocycles. The van der Waals surface area contributed by atoms with E-state index in [-0.39, 0.29) is 22.3 Å². The number of esters is 1. The lowest BCUT2D eigenvalue weighted by Crippen LogP contribution is -2.17. The number of hydrogen-bond acceptors (Lipinski definition) is 4. The fourth-order valence-electron chi connectivity index (χ4n) is 0.593. The Morgan fingerprint density at radius 2 is 2.36 bits per heavy atom. The fourth-order valence-corrected chi connectivity index (χ4v) is 1.29. The summed E-state index contributed by atoms with van der Waals surface area (Å²) in [5, 5.41) is 0. The van der Waals surface area contributed by atoms with E-state index in [9.17, 15) is 4.79 Å². The second-order valence-electron chi connectivity index (χ2n) is 2.12. The van der Waals surface area contributed by atoms with Crippen LogP contribution >= 0.6 is 0 Å². The summed E-state index contributed by atoms with van der Waals surface area (Å²) in [6.45, 7) is 0.452. The van der Waals surface area contributed by atoms with E-state index in [2.05, 4.69) is 0 Å². The topological polar surface area (TPSA) is 61.5 Å². The molecular formula is C6H15NO3Si. The summed E-state index contributed by atoms with van der Waals surface area (Å²) in [6, 6.07) is 1.05. The van der Waals surface area contributed by atoms with Gasteiger partial charge in [-0.3, -0.25) is 4.79 Å². The normalized spacial score (nSPS) is 10.7. The molecule has 0 amide bonds. The lowest BCUT2D eigenvalue weighted by molar-refractivity contribution is -0.141. The maximum absolute atomic E-state index is 10.5. The molecule has 0 aromatic heterocycles. The Morgan fingerprint density at radius 1 is 1.64 bits per heavy atom. The molecule has 0 fully saturated rings. The van der Waals surface area contributed by atoms with Gasteiger partial charge in [0.2, 0.25) is 0 Å². The molecule has 0 radical (unpaired) electrons. The van der Waals surface area contributed by atoms with E-state index in [1.54, 1.807) is 7.11 Å². The van der Waals surface area contributed by atoms with Gasteiger partial charge in [0.1, 0.15) is 0 Å². The lowest BCUT2D eigenvalue weighted by atomic mass is 10.5. The van der Waals surface area contributed by atoms with E-state index >= 15 is 0 Å². The largest absolute Gasteiger partial charge is 0.465 e. The molecule has 0 rings (SSSR count). The third kappa shape index (κ3) is 7.50. The van der Waals surface area contributed by atoms with Crippen molar-refractivity contribution in [2.75, 3.05) is 20.3 Å². The van der Waals surface area contributed by atoms with E-state index in [1.807, 2.05) is 0 Å². The summed E-state index contributed by atoms with van der Waals surface area (Å²) >= 11 is 0. The van der Waals surface area contributed by atoms with Crippen molar-refractivity contribution >= 4 is 15.7 Å². The molecule has 0 aromatic rings. The average Bonchev–Trinajstić information content (AvgIpc) is 2.04. The molecule has 0 bridgehead atoms. The molecule has 0 aliphatic carbocycles. The Labute approximate surface area is 69.0 Å². The van der Waals surface area contributed by atoms with Crippen LogP contribution in [0, 0.1) is 0 Å². The minimum absolute atomic E-state index is 0.0261. The van der Waals surface area contributed by atoms with Crippen molar-refractivity contribution in [1.29, 1.82) is 0 Å². The van der Waals surface area contributed by atoms with Gasteiger partial charge in [-0.2, -0.15) is 0 Å². The molecule has 0 aliphatic heterocycles. The minimum Gasteiger partial charge on any atom is -0.465 e. The molecule has 2 N–H and O–H groups in total. The Balaban J connectivity index is 2.95. The highest BCUT2D eigenvalue weighted by atomic mass is 28.2. The van der Waals surface area contributed by atoms with Crippen molar-refractivity contribution in [3.63, 3.8) is 0 Å². The first-order valence-electron chi connectivity index (χ1n) is 3.66. The van der Waals surface area contributed by atoms with Crippen molar-refractivity contribution in [2.24, 2.45) is 5.73 Å². The molecule has 66 valence electrons. The number of nitrogens with two attached hydrogens (primary N) is 1. The van der Waals surface area contributed by atoms with Crippen molar-refractivity contribution in [3.05, 3.63) is 0 Å². The number of carbonyl (C=O) groups is 1. The minimum atomic E-state index is -0.352. The van der Waals surface area contributed by atoms with Crippen molar-refractivity contribution in [2.45, 2.75) is 12.5 Å².